The van der Waals surface area contributed by atoms with E-state index in [0.717, 1.165) is 16.4 Å². The molecule has 0 saturated carbocycles. The number of para-hydroxylation sites is 1. The highest BCUT2D eigenvalue weighted by Crippen LogP contribution is 2.21. The van der Waals surface area contributed by atoms with Crippen molar-refractivity contribution in [2.24, 2.45) is 5.16 Å². The lowest BCUT2D eigenvalue weighted by Crippen LogP contribution is -2.49. The van der Waals surface area contributed by atoms with Crippen LogP contribution < -0.4 is 10.6 Å². The molecule has 1 aliphatic heterocycles. The van der Waals surface area contributed by atoms with Crippen LogP contribution in [0.2, 0.25) is 0 Å². The van der Waals surface area contributed by atoms with E-state index in [2.05, 4.69) is 41.7 Å². The summed E-state index contributed by atoms with van der Waals surface area (Å²) in [5.74, 6) is -0.823. The molecule has 2 aromatic heterocycles. The Morgan fingerprint density at radius 2 is 2.11 bits per heavy atom. The number of amides is 2. The maximum atomic E-state index is 13.9. The summed E-state index contributed by atoms with van der Waals surface area (Å²) < 4.78 is 19.9. The molecule has 4 aromatic rings. The molecule has 11 heteroatoms. The predicted molar refractivity (Wildman–Crippen MR) is 140 cm³/mol. The number of halogens is 2. The Hall–Kier alpha value is -3.99. The molecular weight excluding hydrogens is 545 g/mol. The molecule has 0 fully saturated rings. The van der Waals surface area contributed by atoms with Gasteiger partial charge in [-0.2, -0.15) is 0 Å². The lowest BCUT2D eigenvalue weighted by molar-refractivity contribution is -0.123. The van der Waals surface area contributed by atoms with Crippen molar-refractivity contribution < 1.29 is 23.6 Å². The number of ether oxygens (including phenoxy) is 1. The average Bonchev–Trinajstić information content (AvgIpc) is 3.50. The third kappa shape index (κ3) is 6.05. The zero-order valence-electron chi connectivity index (χ0n) is 19.5. The maximum Gasteiger partial charge on any atom is 0.408 e. The number of nitrogens with one attached hydrogen (secondary N) is 3. The van der Waals surface area contributed by atoms with Crippen LogP contribution in [-0.4, -0.2) is 45.3 Å². The van der Waals surface area contributed by atoms with Crippen molar-refractivity contribution in [2.75, 3.05) is 6.54 Å². The lowest BCUT2D eigenvalue weighted by Gasteiger charge is -2.19. The van der Waals surface area contributed by atoms with E-state index in [4.69, 9.17) is 9.57 Å². The Balaban J connectivity index is 1.26. The van der Waals surface area contributed by atoms with E-state index in [0.29, 0.717) is 27.6 Å². The molecule has 190 valence electrons. The number of H-pyrrole nitrogens is 1. The quantitative estimate of drug-likeness (QED) is 0.293. The van der Waals surface area contributed by atoms with Gasteiger partial charge in [0.1, 0.15) is 23.1 Å². The fraction of sp³-hybridized carbons (Fsp3) is 0.231. The predicted octanol–water partition coefficient (Wildman–Crippen LogP) is 4.31. The first-order valence-corrected chi connectivity index (χ1v) is 12.4. The molecule has 0 radical (unpaired) electrons. The maximum absolute atomic E-state index is 13.9. The number of hydrogen-bond donors (Lipinski definition) is 3. The highest BCUT2D eigenvalue weighted by atomic mass is 79.9. The van der Waals surface area contributed by atoms with E-state index in [1.807, 2.05) is 30.3 Å². The van der Waals surface area contributed by atoms with Gasteiger partial charge in [0, 0.05) is 47.1 Å². The molecule has 2 amide bonds. The molecule has 2 aromatic carbocycles. The van der Waals surface area contributed by atoms with Crippen LogP contribution in [0.25, 0.3) is 21.8 Å². The number of aromatic nitrogens is 2. The third-order valence-electron chi connectivity index (χ3n) is 5.98. The van der Waals surface area contributed by atoms with Gasteiger partial charge in [-0.1, -0.05) is 23.4 Å². The molecule has 9 nitrogen and oxygen atoms in total. The lowest BCUT2D eigenvalue weighted by atomic mass is 10.0. The van der Waals surface area contributed by atoms with E-state index < -0.39 is 23.9 Å². The molecule has 3 N–H and O–H groups in total. The molecule has 0 spiro atoms. The first-order valence-electron chi connectivity index (χ1n) is 11.6. The van der Waals surface area contributed by atoms with Gasteiger partial charge in [0.05, 0.1) is 12.1 Å². The summed E-state index contributed by atoms with van der Waals surface area (Å²) in [5.41, 5.74) is 2.96. The first-order chi connectivity index (χ1) is 17.9. The number of rotatable bonds is 8. The van der Waals surface area contributed by atoms with Crippen LogP contribution in [0.15, 0.2) is 66.1 Å². The number of aromatic amines is 1. The smallest absolute Gasteiger partial charge is 0.408 e. The largest absolute Gasteiger partial charge is 0.445 e. The van der Waals surface area contributed by atoms with Crippen LogP contribution >= 0.6 is 15.9 Å². The highest BCUT2D eigenvalue weighted by Gasteiger charge is 2.26. The SMILES string of the molecule is O=C(N[C@@H](Cc1c[nH]c2ccc(F)cc12)C(=O)NCC1CC(Br)=NO1)OCc1cnc2ccccc2c1. The second-order valence-electron chi connectivity index (χ2n) is 8.66. The van der Waals surface area contributed by atoms with Gasteiger partial charge in [0.2, 0.25) is 5.91 Å². The number of oxime groups is 1. The van der Waals surface area contributed by atoms with Crippen LogP contribution in [0.4, 0.5) is 9.18 Å². The monoisotopic (exact) mass is 567 g/mol. The normalized spacial score (nSPS) is 15.7. The second-order valence-corrected chi connectivity index (χ2v) is 9.58. The molecule has 0 aliphatic carbocycles. The van der Waals surface area contributed by atoms with Crippen molar-refractivity contribution in [3.8, 4) is 0 Å². The van der Waals surface area contributed by atoms with Crippen LogP contribution in [0.5, 0.6) is 0 Å². The molecule has 5 rings (SSSR count). The minimum absolute atomic E-state index is 0.0163. The number of pyridine rings is 1. The molecule has 0 saturated heterocycles. The summed E-state index contributed by atoms with van der Waals surface area (Å²) >= 11 is 3.27. The Labute approximate surface area is 219 Å². The number of alkyl carbamates (subject to hydrolysis) is 1. The number of carbonyl (C=O) groups is 2. The first kappa shape index (κ1) is 24.7. The number of carbonyl (C=O) groups excluding carboxylic acids is 2. The number of nitrogens with zero attached hydrogens (tertiary/aromatic N) is 2. The van der Waals surface area contributed by atoms with Gasteiger partial charge >= 0.3 is 6.09 Å². The van der Waals surface area contributed by atoms with E-state index >= 15 is 0 Å². The number of fused-ring (bicyclic) bond motifs is 2. The average molecular weight is 568 g/mol. The second kappa shape index (κ2) is 11.0. The van der Waals surface area contributed by atoms with Crippen LogP contribution in [-0.2, 0) is 27.4 Å². The van der Waals surface area contributed by atoms with Crippen molar-refractivity contribution in [1.82, 2.24) is 20.6 Å². The summed E-state index contributed by atoms with van der Waals surface area (Å²) in [6, 6.07) is 12.9. The molecule has 3 heterocycles. The zero-order chi connectivity index (χ0) is 25.8. The molecular formula is C26H23BrFN5O4. The topological polar surface area (TPSA) is 118 Å². The summed E-state index contributed by atoms with van der Waals surface area (Å²) in [4.78, 5) is 38.4. The van der Waals surface area contributed by atoms with Crippen molar-refractivity contribution in [3.05, 3.63) is 77.9 Å². The molecule has 37 heavy (non-hydrogen) atoms. The van der Waals surface area contributed by atoms with Gasteiger partial charge in [-0.3, -0.25) is 9.78 Å². The van der Waals surface area contributed by atoms with Crippen molar-refractivity contribution in [3.63, 3.8) is 0 Å². The van der Waals surface area contributed by atoms with Crippen LogP contribution in [0.3, 0.4) is 0 Å². The fourth-order valence-corrected chi connectivity index (χ4v) is 4.56. The van der Waals surface area contributed by atoms with Crippen molar-refractivity contribution >= 4 is 54.4 Å². The molecule has 1 aliphatic rings. The molecule has 2 atom stereocenters. The fourth-order valence-electron chi connectivity index (χ4n) is 4.12. The van der Waals surface area contributed by atoms with E-state index in [1.165, 1.54) is 12.1 Å². The Bertz CT molecular complexity index is 1490. The standard InChI is InChI=1S/C26H23BrFN5O4/c27-24-10-19(37-33-24)13-31-25(34)23(8-17-12-30-22-6-5-18(28)9-20(17)22)32-26(35)36-14-15-7-16-3-1-2-4-21(16)29-11-15/h1-7,9,11-12,19,23,30H,8,10,13-14H2,(H,31,34)(H,32,35)/t19?,23-/m0/s1. The van der Waals surface area contributed by atoms with E-state index in [-0.39, 0.29) is 25.7 Å². The molecule has 1 unspecified atom stereocenters. The van der Waals surface area contributed by atoms with E-state index in [1.54, 1.807) is 18.5 Å². The van der Waals surface area contributed by atoms with Gasteiger partial charge in [-0.05, 0) is 51.8 Å². The zero-order valence-corrected chi connectivity index (χ0v) is 21.1. The summed E-state index contributed by atoms with van der Waals surface area (Å²) in [6.07, 6.45) is 2.91. The summed E-state index contributed by atoms with van der Waals surface area (Å²) in [5, 5.41) is 10.8. The van der Waals surface area contributed by atoms with Gasteiger partial charge in [-0.15, -0.1) is 0 Å². The van der Waals surface area contributed by atoms with Gasteiger partial charge < -0.3 is 25.2 Å². The minimum atomic E-state index is -0.977. The van der Waals surface area contributed by atoms with Gasteiger partial charge in [0.25, 0.3) is 0 Å². The van der Waals surface area contributed by atoms with Gasteiger partial charge in [0.15, 0.2) is 6.10 Å². The number of benzene rings is 2. The van der Waals surface area contributed by atoms with Crippen molar-refractivity contribution in [1.29, 1.82) is 0 Å². The van der Waals surface area contributed by atoms with Crippen LogP contribution in [0, 0.1) is 5.82 Å². The van der Waals surface area contributed by atoms with E-state index in [9.17, 15) is 14.0 Å². The summed E-state index contributed by atoms with van der Waals surface area (Å²) in [6.45, 7) is 0.188. The van der Waals surface area contributed by atoms with Gasteiger partial charge in [-0.25, -0.2) is 9.18 Å². The van der Waals surface area contributed by atoms with Crippen LogP contribution in [0.1, 0.15) is 17.5 Å². The van der Waals surface area contributed by atoms with Crippen molar-refractivity contribution in [2.45, 2.75) is 31.6 Å². The molecule has 0 bridgehead atoms. The number of hydrogen-bond acceptors (Lipinski definition) is 6. The highest BCUT2D eigenvalue weighted by molar-refractivity contribution is 9.18. The Morgan fingerprint density at radius 3 is 2.95 bits per heavy atom. The Morgan fingerprint density at radius 1 is 1.24 bits per heavy atom. The minimum Gasteiger partial charge on any atom is -0.445 e. The summed E-state index contributed by atoms with van der Waals surface area (Å²) in [7, 11) is 0. The third-order valence-corrected chi connectivity index (χ3v) is 6.45. The Kier molecular flexibility index (Phi) is 7.31.